The third-order valence-corrected chi connectivity index (χ3v) is 4.71. The van der Waals surface area contributed by atoms with Gasteiger partial charge in [-0.1, -0.05) is 18.2 Å². The second-order valence-electron chi connectivity index (χ2n) is 7.09. The molecule has 6 nitrogen and oxygen atoms in total. The highest BCUT2D eigenvalue weighted by molar-refractivity contribution is 6.62. The van der Waals surface area contributed by atoms with Gasteiger partial charge in [-0.15, -0.1) is 0 Å². The molecule has 2 N–H and O–H groups in total. The summed E-state index contributed by atoms with van der Waals surface area (Å²) < 4.78 is 12.0. The molecular weight excluding hydrogens is 319 g/mol. The third-order valence-electron chi connectivity index (χ3n) is 4.71. The minimum atomic E-state index is -0.444. The Morgan fingerprint density at radius 2 is 1.60 bits per heavy atom. The lowest BCUT2D eigenvalue weighted by molar-refractivity contribution is 0.00578. The van der Waals surface area contributed by atoms with Crippen LogP contribution in [0.2, 0.25) is 0 Å². The number of hydrogen-bond donors (Lipinski definition) is 2. The fourth-order valence-corrected chi connectivity index (χ4v) is 2.48. The minimum absolute atomic E-state index is 0.211. The summed E-state index contributed by atoms with van der Waals surface area (Å²) in [4.78, 5) is 25.9. The molecule has 1 saturated heterocycles. The number of amides is 1. The van der Waals surface area contributed by atoms with Crippen molar-refractivity contribution < 1.29 is 14.1 Å². The van der Waals surface area contributed by atoms with E-state index >= 15 is 0 Å². The first-order valence-corrected chi connectivity index (χ1v) is 8.14. The topological polar surface area (TPSA) is 80.4 Å². The van der Waals surface area contributed by atoms with E-state index in [1.807, 2.05) is 39.8 Å². The average molecular weight is 340 g/mol. The fourth-order valence-electron chi connectivity index (χ4n) is 2.48. The Balaban J connectivity index is 1.71. The molecule has 0 spiro atoms. The van der Waals surface area contributed by atoms with Crippen molar-refractivity contribution >= 4 is 24.2 Å². The first-order chi connectivity index (χ1) is 11.7. The van der Waals surface area contributed by atoms with Crippen LogP contribution in [0.5, 0.6) is 0 Å². The Morgan fingerprint density at radius 3 is 2.16 bits per heavy atom. The number of anilines is 1. The van der Waals surface area contributed by atoms with Gasteiger partial charge in [-0.3, -0.25) is 9.59 Å². The Kier molecular flexibility index (Phi) is 4.30. The maximum atomic E-state index is 12.1. The van der Waals surface area contributed by atoms with Gasteiger partial charge in [0.2, 0.25) is 5.56 Å². The number of pyridine rings is 1. The molecule has 3 rings (SSSR count). The van der Waals surface area contributed by atoms with Crippen molar-refractivity contribution in [1.29, 1.82) is 0 Å². The van der Waals surface area contributed by atoms with Gasteiger partial charge in [0.15, 0.2) is 0 Å². The number of rotatable bonds is 3. The van der Waals surface area contributed by atoms with Gasteiger partial charge in [-0.2, -0.15) is 0 Å². The van der Waals surface area contributed by atoms with Crippen LogP contribution in [0, 0.1) is 0 Å². The van der Waals surface area contributed by atoms with E-state index in [0.717, 1.165) is 5.46 Å². The summed E-state index contributed by atoms with van der Waals surface area (Å²) in [6, 6.07) is 11.7. The fraction of sp³-hybridized carbons (Fsp3) is 0.333. The number of nitrogens with one attached hydrogen (secondary N) is 2. The van der Waals surface area contributed by atoms with Gasteiger partial charge >= 0.3 is 7.12 Å². The molecule has 0 unspecified atom stereocenters. The van der Waals surface area contributed by atoms with Gasteiger partial charge in [0, 0.05) is 11.8 Å². The highest BCUT2D eigenvalue weighted by Crippen LogP contribution is 2.36. The van der Waals surface area contributed by atoms with Crippen molar-refractivity contribution in [2.24, 2.45) is 0 Å². The Labute approximate surface area is 146 Å². The van der Waals surface area contributed by atoms with Gasteiger partial charge < -0.3 is 19.6 Å². The molecule has 1 aliphatic rings. The molecule has 2 aromatic rings. The van der Waals surface area contributed by atoms with E-state index in [2.05, 4.69) is 10.3 Å². The van der Waals surface area contributed by atoms with Crippen LogP contribution in [-0.4, -0.2) is 29.2 Å². The largest absolute Gasteiger partial charge is 0.494 e. The second kappa shape index (κ2) is 6.17. The van der Waals surface area contributed by atoms with Crippen LogP contribution < -0.4 is 16.3 Å². The van der Waals surface area contributed by atoms with Crippen molar-refractivity contribution in [3.05, 3.63) is 58.5 Å². The molecule has 1 amide bonds. The van der Waals surface area contributed by atoms with Crippen molar-refractivity contribution in [3.8, 4) is 0 Å². The third kappa shape index (κ3) is 3.52. The van der Waals surface area contributed by atoms with Crippen LogP contribution in [0.25, 0.3) is 0 Å². The van der Waals surface area contributed by atoms with Gasteiger partial charge in [0.25, 0.3) is 5.91 Å². The lowest BCUT2D eigenvalue weighted by Gasteiger charge is -2.32. The Hall–Kier alpha value is -2.38. The monoisotopic (exact) mass is 340 g/mol. The molecule has 1 fully saturated rings. The molecule has 0 radical (unpaired) electrons. The first kappa shape index (κ1) is 17.4. The number of hydrogen-bond acceptors (Lipinski definition) is 4. The maximum absolute atomic E-state index is 12.1. The van der Waals surface area contributed by atoms with Crippen LogP contribution in [0.4, 0.5) is 5.69 Å². The molecule has 0 atom stereocenters. The molecule has 0 aliphatic carbocycles. The summed E-state index contributed by atoms with van der Waals surface area (Å²) in [6.07, 6.45) is 0. The summed E-state index contributed by atoms with van der Waals surface area (Å²) in [5, 5.41) is 2.75. The van der Waals surface area contributed by atoms with Gasteiger partial charge in [0.05, 0.1) is 11.2 Å². The Bertz CT molecular complexity index is 827. The van der Waals surface area contributed by atoms with E-state index in [4.69, 9.17) is 9.31 Å². The van der Waals surface area contributed by atoms with E-state index in [9.17, 15) is 9.59 Å². The highest BCUT2D eigenvalue weighted by atomic mass is 16.7. The van der Waals surface area contributed by atoms with Crippen molar-refractivity contribution in [1.82, 2.24) is 4.98 Å². The smallest absolute Gasteiger partial charge is 0.399 e. The Morgan fingerprint density at radius 1 is 1.00 bits per heavy atom. The normalized spacial score (nSPS) is 18.2. The number of aromatic nitrogens is 1. The van der Waals surface area contributed by atoms with E-state index in [1.54, 1.807) is 18.2 Å². The maximum Gasteiger partial charge on any atom is 0.494 e. The quantitative estimate of drug-likeness (QED) is 0.837. The number of carbonyl (C=O) groups is 1. The standard InChI is InChI=1S/C18H21BN2O4/c1-17(2)18(3,4)25-19(24-17)12-8-10-13(11-9-12)20-16(23)14-6-5-7-15(22)21-14/h5-11H,1-4H3,(H,20,23)(H,21,22). The summed E-state index contributed by atoms with van der Waals surface area (Å²) in [5.74, 6) is -0.374. The molecule has 25 heavy (non-hydrogen) atoms. The minimum Gasteiger partial charge on any atom is -0.399 e. The average Bonchev–Trinajstić information content (AvgIpc) is 2.76. The lowest BCUT2D eigenvalue weighted by Crippen LogP contribution is -2.41. The van der Waals surface area contributed by atoms with E-state index in [1.165, 1.54) is 12.1 Å². The molecule has 1 aliphatic heterocycles. The number of carbonyl (C=O) groups excluding carboxylic acids is 1. The molecule has 7 heteroatoms. The van der Waals surface area contributed by atoms with Gasteiger partial charge in [-0.05, 0) is 51.4 Å². The van der Waals surface area contributed by atoms with Crippen molar-refractivity contribution in [2.45, 2.75) is 38.9 Å². The van der Waals surface area contributed by atoms with E-state index < -0.39 is 18.3 Å². The summed E-state index contributed by atoms with van der Waals surface area (Å²) in [7, 11) is -0.444. The first-order valence-electron chi connectivity index (χ1n) is 8.14. The van der Waals surface area contributed by atoms with Crippen LogP contribution in [0.1, 0.15) is 38.2 Å². The number of aromatic amines is 1. The molecule has 2 heterocycles. The lowest BCUT2D eigenvalue weighted by atomic mass is 9.79. The van der Waals surface area contributed by atoms with Crippen molar-refractivity contribution in [3.63, 3.8) is 0 Å². The summed E-state index contributed by atoms with van der Waals surface area (Å²) in [5.41, 5.74) is 0.596. The zero-order valence-corrected chi connectivity index (χ0v) is 14.8. The SMILES string of the molecule is CC1(C)OB(c2ccc(NC(=O)c3cccc(=O)[nH]3)cc2)OC1(C)C. The van der Waals surface area contributed by atoms with Crippen LogP contribution in [0.3, 0.4) is 0 Å². The van der Waals surface area contributed by atoms with E-state index in [0.29, 0.717) is 5.69 Å². The number of H-pyrrole nitrogens is 1. The number of benzene rings is 1. The highest BCUT2D eigenvalue weighted by Gasteiger charge is 2.51. The molecule has 0 bridgehead atoms. The predicted octanol–water partition coefficient (Wildman–Crippen LogP) is 1.93. The summed E-state index contributed by atoms with van der Waals surface area (Å²) in [6.45, 7) is 8.01. The summed E-state index contributed by atoms with van der Waals surface area (Å²) >= 11 is 0. The van der Waals surface area contributed by atoms with Gasteiger partial charge in [0.1, 0.15) is 5.69 Å². The zero-order chi connectivity index (χ0) is 18.2. The van der Waals surface area contributed by atoms with Crippen LogP contribution in [0.15, 0.2) is 47.3 Å². The predicted molar refractivity (Wildman–Crippen MR) is 97.2 cm³/mol. The molecule has 130 valence electrons. The van der Waals surface area contributed by atoms with Crippen LogP contribution in [-0.2, 0) is 9.31 Å². The van der Waals surface area contributed by atoms with Gasteiger partial charge in [-0.25, -0.2) is 0 Å². The van der Waals surface area contributed by atoms with Crippen LogP contribution >= 0.6 is 0 Å². The zero-order valence-electron chi connectivity index (χ0n) is 14.8. The second-order valence-corrected chi connectivity index (χ2v) is 7.09. The van der Waals surface area contributed by atoms with E-state index in [-0.39, 0.29) is 17.2 Å². The molecule has 1 aromatic heterocycles. The molecule has 0 saturated carbocycles. The van der Waals surface area contributed by atoms with Crippen molar-refractivity contribution in [2.75, 3.05) is 5.32 Å². The molecular formula is C18H21BN2O4. The molecule has 1 aromatic carbocycles.